The van der Waals surface area contributed by atoms with Crippen molar-refractivity contribution in [1.29, 1.82) is 0 Å². The molecule has 0 saturated heterocycles. The summed E-state index contributed by atoms with van der Waals surface area (Å²) in [6, 6.07) is 0. The lowest BCUT2D eigenvalue weighted by Gasteiger charge is -1.96. The maximum absolute atomic E-state index is 10.9. The monoisotopic (exact) mass is 233 g/mol. The Morgan fingerprint density at radius 3 is 2.71 bits per heavy atom. The summed E-state index contributed by atoms with van der Waals surface area (Å²) in [5.74, 6) is -3.21. The number of hydrogen-bond acceptors (Lipinski definition) is 6. The van der Waals surface area contributed by atoms with Gasteiger partial charge in [0.15, 0.2) is 5.13 Å². The molecule has 1 amide bonds. The van der Waals surface area contributed by atoms with Crippen LogP contribution < -0.4 is 10.4 Å². The molecule has 0 aliphatic rings. The van der Waals surface area contributed by atoms with E-state index in [0.717, 1.165) is 11.3 Å². The van der Waals surface area contributed by atoms with Crippen LogP contribution in [0, 0.1) is 0 Å². The van der Waals surface area contributed by atoms with E-state index in [4.69, 9.17) is 11.6 Å². The van der Waals surface area contributed by atoms with Crippen LogP contribution in [0.5, 0.6) is 0 Å². The quantitative estimate of drug-likeness (QED) is 0.421. The molecule has 1 aromatic heterocycles. The highest BCUT2D eigenvalue weighted by Gasteiger charge is 2.17. The average molecular weight is 234 g/mol. The number of aromatic nitrogens is 1. The summed E-state index contributed by atoms with van der Waals surface area (Å²) in [4.78, 5) is 34.5. The molecule has 6 nitrogen and oxygen atoms in total. The molecule has 1 N–H and O–H groups in total. The number of nitrogens with zero attached hydrogens (tertiary/aromatic N) is 1. The molecule has 1 heterocycles. The van der Waals surface area contributed by atoms with E-state index in [2.05, 4.69) is 10.3 Å². The van der Waals surface area contributed by atoms with Gasteiger partial charge in [-0.05, 0) is 0 Å². The highest BCUT2D eigenvalue weighted by atomic mass is 35.5. The Morgan fingerprint density at radius 2 is 2.21 bits per heavy atom. The molecule has 0 spiro atoms. The van der Waals surface area contributed by atoms with Crippen LogP contribution in [0.1, 0.15) is 10.5 Å². The number of thiazole rings is 1. The van der Waals surface area contributed by atoms with Crippen molar-refractivity contribution in [1.82, 2.24) is 4.98 Å². The second-order valence-corrected chi connectivity index (χ2v) is 3.62. The van der Waals surface area contributed by atoms with Crippen molar-refractivity contribution in [2.45, 2.75) is 0 Å². The standard InChI is InChI=1S/C6H3ClN2O4S/c7-4-2(3(11)5(12)13)9-6(14-4)8-1-10/h1H,(H,12,13)(H,8,9,10)/p-1. The summed E-state index contributed by atoms with van der Waals surface area (Å²) in [7, 11) is 0. The third-order valence-corrected chi connectivity index (χ3v) is 2.35. The Hall–Kier alpha value is -1.47. The summed E-state index contributed by atoms with van der Waals surface area (Å²) >= 11 is 6.29. The molecule has 0 radical (unpaired) electrons. The largest absolute Gasteiger partial charge is 0.541 e. The fourth-order valence-corrected chi connectivity index (χ4v) is 1.65. The molecule has 0 saturated carbocycles. The molecule has 1 aromatic rings. The first-order valence-electron chi connectivity index (χ1n) is 3.18. The van der Waals surface area contributed by atoms with Crippen LogP contribution >= 0.6 is 22.9 Å². The minimum absolute atomic E-state index is 0.0506. The third kappa shape index (κ3) is 2.06. The highest BCUT2D eigenvalue weighted by Crippen LogP contribution is 2.27. The first kappa shape index (κ1) is 10.6. The second-order valence-electron chi connectivity index (χ2n) is 2.02. The number of nitrogens with one attached hydrogen (secondary N) is 1. The summed E-state index contributed by atoms with van der Waals surface area (Å²) in [6.45, 7) is 0. The Balaban J connectivity index is 3.03. The van der Waals surface area contributed by atoms with Gasteiger partial charge in [0.25, 0.3) is 0 Å². The molecule has 0 fully saturated rings. The summed E-state index contributed by atoms with van der Waals surface area (Å²) in [5.41, 5.74) is -0.430. The molecule has 14 heavy (non-hydrogen) atoms. The highest BCUT2D eigenvalue weighted by molar-refractivity contribution is 7.20. The van der Waals surface area contributed by atoms with E-state index >= 15 is 0 Å². The van der Waals surface area contributed by atoms with Gasteiger partial charge in [-0.3, -0.25) is 9.59 Å². The SMILES string of the molecule is O=CNc1nc(C(=O)C(=O)[O-])c(Cl)s1. The third-order valence-electron chi connectivity index (χ3n) is 1.17. The average Bonchev–Trinajstić information content (AvgIpc) is 2.46. The number of amides is 1. The van der Waals surface area contributed by atoms with Crippen LogP contribution in [0.3, 0.4) is 0 Å². The predicted octanol–water partition coefficient (Wildman–Crippen LogP) is -0.703. The number of aliphatic carboxylic acids is 1. The summed E-state index contributed by atoms with van der Waals surface area (Å²) in [6.07, 6.45) is 0.336. The number of Topliss-reactive ketones (excluding diaryl/α,β-unsaturated/α-hetero) is 1. The molecule has 0 atom stereocenters. The zero-order chi connectivity index (χ0) is 10.7. The van der Waals surface area contributed by atoms with Crippen molar-refractivity contribution >= 4 is 46.2 Å². The lowest BCUT2D eigenvalue weighted by atomic mass is 10.3. The lowest BCUT2D eigenvalue weighted by molar-refractivity contribution is -0.296. The normalized spacial score (nSPS) is 9.50. The Labute approximate surface area is 86.5 Å². The summed E-state index contributed by atoms with van der Waals surface area (Å²) in [5, 5.41) is 12.4. The van der Waals surface area contributed by atoms with E-state index in [-0.39, 0.29) is 9.47 Å². The first-order valence-corrected chi connectivity index (χ1v) is 4.38. The van der Waals surface area contributed by atoms with E-state index in [1.807, 2.05) is 0 Å². The lowest BCUT2D eigenvalue weighted by Crippen LogP contribution is -2.31. The van der Waals surface area contributed by atoms with Gasteiger partial charge >= 0.3 is 0 Å². The molecule has 0 aliphatic carbocycles. The molecular formula is C6H2ClN2O4S-. The first-order chi connectivity index (χ1) is 6.56. The Morgan fingerprint density at radius 1 is 1.57 bits per heavy atom. The molecule has 0 unspecified atom stereocenters. The van der Waals surface area contributed by atoms with Gasteiger partial charge in [-0.25, -0.2) is 4.98 Å². The number of halogens is 1. The number of carbonyl (C=O) groups is 3. The molecule has 1 rings (SSSR count). The molecule has 74 valence electrons. The van der Waals surface area contributed by atoms with Gasteiger partial charge in [-0.15, -0.1) is 0 Å². The van der Waals surface area contributed by atoms with Crippen molar-refractivity contribution in [3.63, 3.8) is 0 Å². The zero-order valence-corrected chi connectivity index (χ0v) is 8.02. The van der Waals surface area contributed by atoms with E-state index in [1.165, 1.54) is 0 Å². The minimum Gasteiger partial charge on any atom is -0.541 e. The minimum atomic E-state index is -1.89. The van der Waals surface area contributed by atoms with Crippen molar-refractivity contribution in [2.75, 3.05) is 5.32 Å². The van der Waals surface area contributed by atoms with Gasteiger partial charge in [-0.1, -0.05) is 22.9 Å². The van der Waals surface area contributed by atoms with Gasteiger partial charge < -0.3 is 15.2 Å². The Bertz CT molecular complexity index is 403. The van der Waals surface area contributed by atoms with E-state index in [0.29, 0.717) is 6.41 Å². The zero-order valence-electron chi connectivity index (χ0n) is 6.44. The van der Waals surface area contributed by atoms with Crippen molar-refractivity contribution in [2.24, 2.45) is 0 Å². The number of rotatable bonds is 4. The van der Waals surface area contributed by atoms with Crippen LogP contribution in [-0.4, -0.2) is 23.1 Å². The van der Waals surface area contributed by atoms with Gasteiger partial charge in [-0.2, -0.15) is 0 Å². The fraction of sp³-hybridized carbons (Fsp3) is 0. The van der Waals surface area contributed by atoms with E-state index in [9.17, 15) is 19.5 Å². The van der Waals surface area contributed by atoms with E-state index in [1.54, 1.807) is 0 Å². The second kappa shape index (κ2) is 4.16. The molecule has 0 aliphatic heterocycles. The Kier molecular flexibility index (Phi) is 3.15. The van der Waals surface area contributed by atoms with Crippen molar-refractivity contribution < 1.29 is 19.5 Å². The number of carbonyl (C=O) groups excluding carboxylic acids is 3. The van der Waals surface area contributed by atoms with Gasteiger partial charge in [0, 0.05) is 0 Å². The topological polar surface area (TPSA) is 99.2 Å². The summed E-state index contributed by atoms with van der Waals surface area (Å²) < 4.78 is -0.108. The van der Waals surface area contributed by atoms with Crippen LogP contribution in [0.25, 0.3) is 0 Å². The molecular weight excluding hydrogens is 232 g/mol. The molecule has 0 aromatic carbocycles. The van der Waals surface area contributed by atoms with E-state index < -0.39 is 17.4 Å². The number of anilines is 1. The molecule has 8 heteroatoms. The maximum atomic E-state index is 10.9. The smallest absolute Gasteiger partial charge is 0.229 e. The van der Waals surface area contributed by atoms with Crippen LogP contribution in [0.15, 0.2) is 0 Å². The molecule has 0 bridgehead atoms. The maximum Gasteiger partial charge on any atom is 0.229 e. The van der Waals surface area contributed by atoms with Gasteiger partial charge in [0.05, 0.1) is 0 Å². The van der Waals surface area contributed by atoms with Crippen molar-refractivity contribution in [3.8, 4) is 0 Å². The fourth-order valence-electron chi connectivity index (χ4n) is 0.650. The van der Waals surface area contributed by atoms with Crippen LogP contribution in [-0.2, 0) is 9.59 Å². The number of carboxylic acid groups (broad SMARTS) is 1. The predicted molar refractivity (Wildman–Crippen MR) is 46.1 cm³/mol. The number of carboxylic acids is 1. The number of hydrogen-bond donors (Lipinski definition) is 1. The van der Waals surface area contributed by atoms with Gasteiger partial charge in [0.2, 0.25) is 12.2 Å². The van der Waals surface area contributed by atoms with Crippen LogP contribution in [0.2, 0.25) is 4.34 Å². The van der Waals surface area contributed by atoms with Crippen molar-refractivity contribution in [3.05, 3.63) is 10.0 Å². The van der Waals surface area contributed by atoms with Gasteiger partial charge in [0.1, 0.15) is 16.0 Å². The number of ketones is 1. The van der Waals surface area contributed by atoms with Crippen LogP contribution in [0.4, 0.5) is 5.13 Å².